The summed E-state index contributed by atoms with van der Waals surface area (Å²) in [5, 5.41) is 7.59. The number of benzene rings is 1. The number of carbonyl (C=O) groups is 4. The van der Waals surface area contributed by atoms with Crippen molar-refractivity contribution in [2.24, 2.45) is 5.92 Å². The van der Waals surface area contributed by atoms with E-state index >= 15 is 0 Å². The van der Waals surface area contributed by atoms with E-state index in [1.807, 2.05) is 19.9 Å². The molecule has 1 aliphatic heterocycles. The predicted molar refractivity (Wildman–Crippen MR) is 108 cm³/mol. The zero-order valence-electron chi connectivity index (χ0n) is 17.1. The number of carbonyl (C=O) groups excluding carboxylic acids is 4. The lowest BCUT2D eigenvalue weighted by Gasteiger charge is -2.34. The fourth-order valence-electron chi connectivity index (χ4n) is 4.09. The van der Waals surface area contributed by atoms with E-state index in [1.165, 1.54) is 0 Å². The summed E-state index contributed by atoms with van der Waals surface area (Å²) in [7, 11) is 0. The molecule has 3 rings (SSSR count). The van der Waals surface area contributed by atoms with Crippen molar-refractivity contribution >= 4 is 29.6 Å². The van der Waals surface area contributed by atoms with Crippen LogP contribution < -0.4 is 16.0 Å². The Morgan fingerprint density at radius 2 is 1.90 bits per heavy atom. The molecule has 1 aromatic carbocycles. The molecule has 6 amide bonds. The molecule has 0 bridgehead atoms. The van der Waals surface area contributed by atoms with E-state index in [0.29, 0.717) is 24.4 Å². The van der Waals surface area contributed by atoms with Crippen molar-refractivity contribution in [2.45, 2.75) is 58.4 Å². The Morgan fingerprint density at radius 3 is 2.55 bits per heavy atom. The Bertz CT molecular complexity index is 843. The van der Waals surface area contributed by atoms with Crippen LogP contribution in [0.1, 0.15) is 50.2 Å². The number of urea groups is 2. The minimum atomic E-state index is -0.899. The molecule has 0 radical (unpaired) electrons. The molecule has 156 valence electrons. The van der Waals surface area contributed by atoms with Crippen LogP contribution in [0.2, 0.25) is 0 Å². The minimum absolute atomic E-state index is 0.373. The number of anilines is 1. The highest BCUT2D eigenvalue weighted by Crippen LogP contribution is 2.37. The summed E-state index contributed by atoms with van der Waals surface area (Å²) in [5.74, 6) is -0.519. The van der Waals surface area contributed by atoms with Gasteiger partial charge in [0.15, 0.2) is 0 Å². The van der Waals surface area contributed by atoms with E-state index in [4.69, 9.17) is 0 Å². The van der Waals surface area contributed by atoms with Crippen LogP contribution in [0.5, 0.6) is 0 Å². The third-order valence-corrected chi connectivity index (χ3v) is 6.19. The molecule has 8 nitrogen and oxygen atoms in total. The molecule has 8 heteroatoms. The first kappa shape index (κ1) is 20.8. The van der Waals surface area contributed by atoms with Gasteiger partial charge in [0.05, 0.1) is 0 Å². The van der Waals surface area contributed by atoms with E-state index in [-0.39, 0.29) is 5.91 Å². The van der Waals surface area contributed by atoms with Crippen LogP contribution >= 0.6 is 0 Å². The van der Waals surface area contributed by atoms with Crippen molar-refractivity contribution < 1.29 is 19.2 Å². The standard InChI is InChI=1S/C21H28N4O4/c1-4-15-8-10-21(11-9-15)18(27)25(20(29)24-21)12-17(26)23-19(28)22-16-7-5-6-13(2)14(16)3/h5-7,15H,4,8-12H2,1-3H3,(H,24,29)(H2,22,23,26,28). The van der Waals surface area contributed by atoms with Gasteiger partial charge in [0.1, 0.15) is 12.1 Å². The maximum absolute atomic E-state index is 12.8. The number of nitrogens with zero attached hydrogens (tertiary/aromatic N) is 1. The van der Waals surface area contributed by atoms with Crippen molar-refractivity contribution in [3.8, 4) is 0 Å². The largest absolute Gasteiger partial charge is 0.325 e. The summed E-state index contributed by atoms with van der Waals surface area (Å²) in [6, 6.07) is 4.19. The summed E-state index contributed by atoms with van der Waals surface area (Å²) in [6.45, 7) is 5.43. The lowest BCUT2D eigenvalue weighted by Crippen LogP contribution is -2.50. The number of hydrogen-bond donors (Lipinski definition) is 3. The monoisotopic (exact) mass is 400 g/mol. The number of rotatable bonds is 4. The van der Waals surface area contributed by atoms with Gasteiger partial charge in [-0.3, -0.25) is 19.8 Å². The van der Waals surface area contributed by atoms with Gasteiger partial charge in [0, 0.05) is 5.69 Å². The van der Waals surface area contributed by atoms with E-state index in [1.54, 1.807) is 12.1 Å². The number of aryl methyl sites for hydroxylation is 1. The summed E-state index contributed by atoms with van der Waals surface area (Å²) in [4.78, 5) is 50.5. The average molecular weight is 400 g/mol. The van der Waals surface area contributed by atoms with Crippen molar-refractivity contribution in [3.63, 3.8) is 0 Å². The molecule has 0 unspecified atom stereocenters. The van der Waals surface area contributed by atoms with Gasteiger partial charge in [-0.2, -0.15) is 0 Å². The summed E-state index contributed by atoms with van der Waals surface area (Å²) >= 11 is 0. The molecular formula is C21H28N4O4. The van der Waals surface area contributed by atoms with Gasteiger partial charge in [-0.05, 0) is 62.6 Å². The quantitative estimate of drug-likeness (QED) is 0.676. The fraction of sp³-hybridized carbons (Fsp3) is 0.524. The van der Waals surface area contributed by atoms with Gasteiger partial charge in [-0.1, -0.05) is 25.5 Å². The third kappa shape index (κ3) is 4.26. The number of nitrogens with one attached hydrogen (secondary N) is 3. The van der Waals surface area contributed by atoms with Crippen LogP contribution in [0, 0.1) is 19.8 Å². The van der Waals surface area contributed by atoms with Crippen LogP contribution in [0.25, 0.3) is 0 Å². The van der Waals surface area contributed by atoms with Crippen molar-refractivity contribution in [3.05, 3.63) is 29.3 Å². The smallest absolute Gasteiger partial charge is 0.323 e. The molecule has 0 aromatic heterocycles. The van der Waals surface area contributed by atoms with E-state index < -0.39 is 30.1 Å². The predicted octanol–water partition coefficient (Wildman–Crippen LogP) is 2.84. The molecule has 2 aliphatic rings. The molecule has 1 aromatic rings. The van der Waals surface area contributed by atoms with Gasteiger partial charge in [-0.15, -0.1) is 0 Å². The fourth-order valence-corrected chi connectivity index (χ4v) is 4.09. The lowest BCUT2D eigenvalue weighted by atomic mass is 9.75. The molecule has 1 saturated carbocycles. The normalized spacial score (nSPS) is 23.8. The molecule has 1 heterocycles. The van der Waals surface area contributed by atoms with Crippen molar-refractivity contribution in [1.82, 2.24) is 15.5 Å². The zero-order chi connectivity index (χ0) is 21.2. The van der Waals surface area contributed by atoms with E-state index in [2.05, 4.69) is 22.9 Å². The topological polar surface area (TPSA) is 108 Å². The Kier molecular flexibility index (Phi) is 5.91. The maximum atomic E-state index is 12.8. The summed E-state index contributed by atoms with van der Waals surface area (Å²) < 4.78 is 0. The van der Waals surface area contributed by atoms with Crippen LogP contribution in [0.3, 0.4) is 0 Å². The van der Waals surface area contributed by atoms with Crippen LogP contribution in [0.4, 0.5) is 15.3 Å². The highest BCUT2D eigenvalue weighted by Gasteiger charge is 2.52. The second-order valence-electron chi connectivity index (χ2n) is 8.00. The number of imide groups is 2. The average Bonchev–Trinajstić information content (AvgIpc) is 2.90. The molecular weight excluding hydrogens is 372 g/mol. The highest BCUT2D eigenvalue weighted by atomic mass is 16.2. The number of amides is 6. The van der Waals surface area contributed by atoms with Gasteiger partial charge >= 0.3 is 12.1 Å². The minimum Gasteiger partial charge on any atom is -0.323 e. The number of hydrogen-bond acceptors (Lipinski definition) is 4. The molecule has 2 fully saturated rings. The van der Waals surface area contributed by atoms with Crippen molar-refractivity contribution in [1.29, 1.82) is 0 Å². The maximum Gasteiger partial charge on any atom is 0.325 e. The van der Waals surface area contributed by atoms with Gasteiger partial charge in [-0.25, -0.2) is 9.59 Å². The van der Waals surface area contributed by atoms with Gasteiger partial charge < -0.3 is 10.6 Å². The molecule has 29 heavy (non-hydrogen) atoms. The first-order valence-electron chi connectivity index (χ1n) is 10.1. The van der Waals surface area contributed by atoms with Crippen LogP contribution in [-0.4, -0.2) is 40.9 Å². The molecule has 3 N–H and O–H groups in total. The first-order chi connectivity index (χ1) is 13.8. The summed E-state index contributed by atoms with van der Waals surface area (Å²) in [6.07, 6.45) is 3.98. The second kappa shape index (κ2) is 8.23. The van der Waals surface area contributed by atoms with Gasteiger partial charge in [0.2, 0.25) is 5.91 Å². The van der Waals surface area contributed by atoms with Crippen LogP contribution in [-0.2, 0) is 9.59 Å². The Hall–Kier alpha value is -2.90. The molecule has 1 aliphatic carbocycles. The summed E-state index contributed by atoms with van der Waals surface area (Å²) in [5.41, 5.74) is 1.60. The third-order valence-electron chi connectivity index (χ3n) is 6.19. The van der Waals surface area contributed by atoms with Crippen LogP contribution in [0.15, 0.2) is 18.2 Å². The zero-order valence-corrected chi connectivity index (χ0v) is 17.1. The first-order valence-corrected chi connectivity index (χ1v) is 10.1. The Labute approximate surface area is 170 Å². The highest BCUT2D eigenvalue weighted by molar-refractivity contribution is 6.10. The van der Waals surface area contributed by atoms with Crippen molar-refractivity contribution in [2.75, 3.05) is 11.9 Å². The molecule has 0 atom stereocenters. The van der Waals surface area contributed by atoms with E-state index in [9.17, 15) is 19.2 Å². The second-order valence-corrected chi connectivity index (χ2v) is 8.00. The van der Waals surface area contributed by atoms with E-state index in [0.717, 1.165) is 35.3 Å². The molecule has 1 spiro atoms. The Morgan fingerprint density at radius 1 is 1.21 bits per heavy atom. The lowest BCUT2D eigenvalue weighted by molar-refractivity contribution is -0.135. The van der Waals surface area contributed by atoms with Gasteiger partial charge in [0.25, 0.3) is 5.91 Å². The SMILES string of the molecule is CCC1CCC2(CC1)NC(=O)N(CC(=O)NC(=O)Nc1cccc(C)c1C)C2=O. The Balaban J connectivity index is 1.57. The molecule has 1 saturated heterocycles.